The highest BCUT2D eigenvalue weighted by Gasteiger charge is 2.08. The van der Waals surface area contributed by atoms with Crippen LogP contribution >= 0.6 is 43.5 Å². The third kappa shape index (κ3) is 3.26. The maximum absolute atomic E-state index is 9.27. The van der Waals surface area contributed by atoms with Crippen molar-refractivity contribution in [1.82, 2.24) is 0 Å². The largest absolute Gasteiger partial charge is 0.456 e. The first-order valence-electron chi connectivity index (χ1n) is 5.12. The quantitative estimate of drug-likeness (QED) is 0.783. The monoisotopic (exact) mass is 390 g/mol. The van der Waals surface area contributed by atoms with Crippen molar-refractivity contribution < 1.29 is 9.84 Å². The van der Waals surface area contributed by atoms with E-state index in [1.54, 1.807) is 18.2 Å². The van der Waals surface area contributed by atoms with Crippen LogP contribution in [0.2, 0.25) is 5.02 Å². The summed E-state index contributed by atoms with van der Waals surface area (Å²) in [5.74, 6) is 1.25. The summed E-state index contributed by atoms with van der Waals surface area (Å²) in [7, 11) is 0. The van der Waals surface area contributed by atoms with Crippen molar-refractivity contribution in [3.05, 3.63) is 55.9 Å². The van der Waals surface area contributed by atoms with Crippen molar-refractivity contribution in [3.63, 3.8) is 0 Å². The van der Waals surface area contributed by atoms with Crippen molar-refractivity contribution >= 4 is 43.5 Å². The molecule has 0 saturated heterocycles. The van der Waals surface area contributed by atoms with Gasteiger partial charge < -0.3 is 9.84 Å². The van der Waals surface area contributed by atoms with E-state index in [0.29, 0.717) is 16.5 Å². The van der Waals surface area contributed by atoms with Gasteiger partial charge in [0.15, 0.2) is 0 Å². The number of aliphatic hydroxyl groups is 1. The lowest BCUT2D eigenvalue weighted by atomic mass is 10.2. The molecule has 0 aromatic heterocycles. The van der Waals surface area contributed by atoms with E-state index < -0.39 is 0 Å². The van der Waals surface area contributed by atoms with E-state index in [0.717, 1.165) is 14.5 Å². The Kier molecular flexibility index (Phi) is 4.67. The molecule has 0 fully saturated rings. The Morgan fingerprint density at radius 2 is 1.83 bits per heavy atom. The summed E-state index contributed by atoms with van der Waals surface area (Å²) < 4.78 is 7.42. The molecule has 2 aromatic carbocycles. The first-order chi connectivity index (χ1) is 8.60. The topological polar surface area (TPSA) is 29.5 Å². The standard InChI is InChI=1S/C13H9Br2ClO2/c14-9-2-1-8(7-17)13(5-9)18-12-4-3-10(16)6-11(12)15/h1-6,17H,7H2. The molecule has 0 aliphatic carbocycles. The van der Waals surface area contributed by atoms with E-state index in [1.165, 1.54) is 0 Å². The molecule has 0 radical (unpaired) electrons. The van der Waals surface area contributed by atoms with Crippen LogP contribution in [0.5, 0.6) is 11.5 Å². The van der Waals surface area contributed by atoms with Gasteiger partial charge in [0, 0.05) is 15.1 Å². The van der Waals surface area contributed by atoms with Gasteiger partial charge >= 0.3 is 0 Å². The van der Waals surface area contributed by atoms with E-state index in [2.05, 4.69) is 31.9 Å². The molecule has 5 heteroatoms. The summed E-state index contributed by atoms with van der Waals surface area (Å²) in [6.45, 7) is -0.0756. The molecule has 0 aliphatic rings. The van der Waals surface area contributed by atoms with Crippen LogP contribution in [0.3, 0.4) is 0 Å². The Bertz CT molecular complexity index is 573. The van der Waals surface area contributed by atoms with Crippen LogP contribution in [0.25, 0.3) is 0 Å². The van der Waals surface area contributed by atoms with Gasteiger partial charge in [0.05, 0.1) is 11.1 Å². The number of benzene rings is 2. The Morgan fingerprint density at radius 3 is 2.50 bits per heavy atom. The molecule has 94 valence electrons. The van der Waals surface area contributed by atoms with Crippen molar-refractivity contribution in [2.24, 2.45) is 0 Å². The molecule has 0 spiro atoms. The average Bonchev–Trinajstić information content (AvgIpc) is 2.33. The van der Waals surface area contributed by atoms with Gasteiger partial charge in [0.1, 0.15) is 11.5 Å². The molecule has 0 amide bonds. The first kappa shape index (κ1) is 13.9. The van der Waals surface area contributed by atoms with Crippen LogP contribution < -0.4 is 4.74 Å². The summed E-state index contributed by atoms with van der Waals surface area (Å²) in [5, 5.41) is 9.90. The molecule has 2 aromatic rings. The third-order valence-electron chi connectivity index (χ3n) is 2.31. The molecule has 0 atom stereocenters. The molecule has 0 unspecified atom stereocenters. The van der Waals surface area contributed by atoms with Gasteiger partial charge in [-0.05, 0) is 46.3 Å². The Hall–Kier alpha value is -0.550. The summed E-state index contributed by atoms with van der Waals surface area (Å²) >= 11 is 12.6. The fourth-order valence-corrected chi connectivity index (χ4v) is 2.53. The zero-order chi connectivity index (χ0) is 13.1. The maximum Gasteiger partial charge on any atom is 0.141 e. The van der Waals surface area contributed by atoms with Gasteiger partial charge in [-0.15, -0.1) is 0 Å². The summed E-state index contributed by atoms with van der Waals surface area (Å²) in [6.07, 6.45) is 0. The number of hydrogen-bond donors (Lipinski definition) is 1. The molecule has 0 heterocycles. The van der Waals surface area contributed by atoms with E-state index in [1.807, 2.05) is 18.2 Å². The summed E-state index contributed by atoms with van der Waals surface area (Å²) in [6, 6.07) is 10.8. The minimum atomic E-state index is -0.0756. The highest BCUT2D eigenvalue weighted by molar-refractivity contribution is 9.10. The van der Waals surface area contributed by atoms with Gasteiger partial charge in [-0.2, -0.15) is 0 Å². The third-order valence-corrected chi connectivity index (χ3v) is 3.66. The van der Waals surface area contributed by atoms with Crippen LogP contribution in [0.4, 0.5) is 0 Å². The van der Waals surface area contributed by atoms with Gasteiger partial charge in [-0.3, -0.25) is 0 Å². The smallest absolute Gasteiger partial charge is 0.141 e. The van der Waals surface area contributed by atoms with Crippen LogP contribution in [0.1, 0.15) is 5.56 Å². The second-order valence-electron chi connectivity index (χ2n) is 3.59. The van der Waals surface area contributed by atoms with Crippen LogP contribution in [0, 0.1) is 0 Å². The summed E-state index contributed by atoms with van der Waals surface area (Å²) in [5.41, 5.74) is 0.722. The molecule has 2 rings (SSSR count). The number of hydrogen-bond acceptors (Lipinski definition) is 2. The van der Waals surface area contributed by atoms with Crippen LogP contribution in [-0.4, -0.2) is 5.11 Å². The van der Waals surface area contributed by atoms with E-state index in [4.69, 9.17) is 16.3 Å². The minimum absolute atomic E-state index is 0.0756. The zero-order valence-electron chi connectivity index (χ0n) is 9.16. The lowest BCUT2D eigenvalue weighted by Crippen LogP contribution is -1.92. The van der Waals surface area contributed by atoms with Gasteiger partial charge in [-0.1, -0.05) is 33.6 Å². The molecular formula is C13H9Br2ClO2. The first-order valence-corrected chi connectivity index (χ1v) is 7.09. The zero-order valence-corrected chi connectivity index (χ0v) is 13.1. The van der Waals surface area contributed by atoms with Crippen LogP contribution in [0.15, 0.2) is 45.3 Å². The van der Waals surface area contributed by atoms with Gasteiger partial charge in [0.25, 0.3) is 0 Å². The van der Waals surface area contributed by atoms with Crippen molar-refractivity contribution in [2.45, 2.75) is 6.61 Å². The van der Waals surface area contributed by atoms with Gasteiger partial charge in [-0.25, -0.2) is 0 Å². The molecule has 18 heavy (non-hydrogen) atoms. The fourth-order valence-electron chi connectivity index (χ4n) is 1.43. The second kappa shape index (κ2) is 6.06. The molecule has 2 nitrogen and oxygen atoms in total. The normalized spacial score (nSPS) is 10.4. The van der Waals surface area contributed by atoms with Crippen molar-refractivity contribution in [2.75, 3.05) is 0 Å². The minimum Gasteiger partial charge on any atom is -0.456 e. The molecule has 0 aliphatic heterocycles. The number of aliphatic hydroxyl groups excluding tert-OH is 1. The predicted octanol–water partition coefficient (Wildman–Crippen LogP) is 5.15. The van der Waals surface area contributed by atoms with Crippen molar-refractivity contribution in [1.29, 1.82) is 0 Å². The van der Waals surface area contributed by atoms with Gasteiger partial charge in [0.2, 0.25) is 0 Å². The van der Waals surface area contributed by atoms with Crippen molar-refractivity contribution in [3.8, 4) is 11.5 Å². The number of ether oxygens (including phenoxy) is 1. The highest BCUT2D eigenvalue weighted by atomic mass is 79.9. The number of halogens is 3. The Balaban J connectivity index is 2.36. The van der Waals surface area contributed by atoms with E-state index in [-0.39, 0.29) is 6.61 Å². The molecule has 1 N–H and O–H groups in total. The SMILES string of the molecule is OCc1ccc(Br)cc1Oc1ccc(Cl)cc1Br. The molecule has 0 bridgehead atoms. The second-order valence-corrected chi connectivity index (χ2v) is 5.79. The maximum atomic E-state index is 9.27. The van der Waals surface area contributed by atoms with Crippen LogP contribution in [-0.2, 0) is 6.61 Å². The van der Waals surface area contributed by atoms with E-state index >= 15 is 0 Å². The molecular weight excluding hydrogens is 383 g/mol. The Morgan fingerprint density at radius 1 is 1.06 bits per heavy atom. The molecule has 0 saturated carbocycles. The fraction of sp³-hybridized carbons (Fsp3) is 0.0769. The lowest BCUT2D eigenvalue weighted by Gasteiger charge is -2.11. The Labute approximate surface area is 127 Å². The van der Waals surface area contributed by atoms with E-state index in [9.17, 15) is 5.11 Å². The summed E-state index contributed by atoms with van der Waals surface area (Å²) in [4.78, 5) is 0. The highest BCUT2D eigenvalue weighted by Crippen LogP contribution is 2.34. The number of rotatable bonds is 3. The lowest BCUT2D eigenvalue weighted by molar-refractivity contribution is 0.276. The average molecular weight is 392 g/mol. The predicted molar refractivity (Wildman–Crippen MR) is 79.3 cm³/mol.